The molecule has 0 bridgehead atoms. The fourth-order valence-electron chi connectivity index (χ4n) is 4.96. The van der Waals surface area contributed by atoms with Gasteiger partial charge in [-0.2, -0.15) is 0 Å². The van der Waals surface area contributed by atoms with Gasteiger partial charge in [-0.25, -0.2) is 15.0 Å². The molecular weight excluding hydrogens is 550 g/mol. The molecule has 1 aliphatic rings. The van der Waals surface area contributed by atoms with Gasteiger partial charge in [0.2, 0.25) is 11.9 Å². The highest BCUT2D eigenvalue weighted by molar-refractivity contribution is 6.33. The van der Waals surface area contributed by atoms with Crippen molar-refractivity contribution in [2.75, 3.05) is 31.3 Å². The van der Waals surface area contributed by atoms with Gasteiger partial charge in [0.15, 0.2) is 0 Å². The van der Waals surface area contributed by atoms with E-state index in [1.807, 2.05) is 49.3 Å². The van der Waals surface area contributed by atoms with Crippen molar-refractivity contribution >= 4 is 45.8 Å². The van der Waals surface area contributed by atoms with Crippen LogP contribution in [0.15, 0.2) is 67.0 Å². The second-order valence-corrected chi connectivity index (χ2v) is 10.9. The lowest BCUT2D eigenvalue weighted by molar-refractivity contribution is -0.111. The van der Waals surface area contributed by atoms with Crippen LogP contribution in [0.5, 0.6) is 0 Å². The van der Waals surface area contributed by atoms with Gasteiger partial charge in [0.25, 0.3) is 5.91 Å². The van der Waals surface area contributed by atoms with Gasteiger partial charge >= 0.3 is 0 Å². The number of hydrogen-bond acceptors (Lipinski definition) is 7. The van der Waals surface area contributed by atoms with Crippen molar-refractivity contribution in [3.63, 3.8) is 0 Å². The maximum Gasteiger partial charge on any atom is 0.270 e. The summed E-state index contributed by atoms with van der Waals surface area (Å²) in [6.07, 6.45) is 9.81. The molecule has 4 aromatic rings. The van der Waals surface area contributed by atoms with Gasteiger partial charge in [0, 0.05) is 41.0 Å². The maximum absolute atomic E-state index is 12.9. The Hall–Kier alpha value is -4.52. The van der Waals surface area contributed by atoms with Crippen molar-refractivity contribution in [3.05, 3.63) is 89.9 Å². The topological polar surface area (TPSA) is 112 Å². The minimum absolute atomic E-state index is 0.0262. The largest absolute Gasteiger partial charge is 0.351 e. The lowest BCUT2D eigenvalue weighted by Crippen LogP contribution is -2.42. The van der Waals surface area contributed by atoms with E-state index in [-0.39, 0.29) is 23.9 Å². The molecule has 2 aromatic heterocycles. The van der Waals surface area contributed by atoms with E-state index in [2.05, 4.69) is 38.1 Å². The number of carbonyl (C=O) groups excluding carboxylic acids is 2. The summed E-state index contributed by atoms with van der Waals surface area (Å²) in [6.45, 7) is 0.666. The molecule has 1 aliphatic carbocycles. The number of rotatable bonds is 9. The zero-order chi connectivity index (χ0) is 29.5. The number of nitrogens with one attached hydrogen (secondary N) is 3. The number of nitrogens with zero attached hydrogens (tertiary/aromatic N) is 4. The first-order chi connectivity index (χ1) is 20.4. The van der Waals surface area contributed by atoms with Crippen molar-refractivity contribution in [2.24, 2.45) is 0 Å². The molecule has 214 valence electrons. The molecule has 1 saturated carbocycles. The first kappa shape index (κ1) is 29.0. The zero-order valence-electron chi connectivity index (χ0n) is 23.5. The number of likely N-dealkylation sites (N-methyl/N-ethyl adjacent to an activating group) is 1. The van der Waals surface area contributed by atoms with Gasteiger partial charge in [-0.1, -0.05) is 48.0 Å². The Morgan fingerprint density at radius 2 is 1.93 bits per heavy atom. The first-order valence-electron chi connectivity index (χ1n) is 13.9. The Kier molecular flexibility index (Phi) is 9.27. The Bertz CT molecular complexity index is 1580. The summed E-state index contributed by atoms with van der Waals surface area (Å²) in [7, 11) is 3.85. The minimum atomic E-state index is -0.251. The number of benzene rings is 1. The van der Waals surface area contributed by atoms with Crippen molar-refractivity contribution in [1.29, 1.82) is 0 Å². The average molecular weight is 582 g/mol. The number of halogens is 1. The Balaban J connectivity index is 1.19. The monoisotopic (exact) mass is 581 g/mol. The van der Waals surface area contributed by atoms with Crippen molar-refractivity contribution < 1.29 is 9.59 Å². The smallest absolute Gasteiger partial charge is 0.270 e. The van der Waals surface area contributed by atoms with Crippen LogP contribution in [-0.2, 0) is 4.79 Å². The average Bonchev–Trinajstić information content (AvgIpc) is 2.98. The van der Waals surface area contributed by atoms with E-state index in [4.69, 9.17) is 16.6 Å². The normalized spacial score (nSPS) is 16.8. The van der Waals surface area contributed by atoms with Crippen LogP contribution in [0.1, 0.15) is 36.2 Å². The summed E-state index contributed by atoms with van der Waals surface area (Å²) in [5, 5.41) is 11.7. The highest BCUT2D eigenvalue weighted by Crippen LogP contribution is 2.32. The molecular formula is C32H32ClN7O2. The molecule has 0 unspecified atom stereocenters. The third-order valence-electron chi connectivity index (χ3n) is 6.99. The number of hydrogen-bond donors (Lipinski definition) is 3. The third-order valence-corrected chi connectivity index (χ3v) is 7.26. The van der Waals surface area contributed by atoms with E-state index in [0.29, 0.717) is 34.6 Å². The molecule has 2 aromatic carbocycles. The summed E-state index contributed by atoms with van der Waals surface area (Å²) in [4.78, 5) is 40.3. The van der Waals surface area contributed by atoms with E-state index in [1.165, 1.54) is 12.3 Å². The standard InChI is InChI=1S/C32H32ClN7O2/c1-40(2)17-7-14-29(41)36-24-15-16-28(34-19-24)31(42)37-22-10-6-11-23(18-22)38-32-35-20-27(33)30(39-32)26-13-5-9-21-8-3-4-12-25(21)26/h3-4,7-8,12-16,19-20,22-23H,6,10-11,17-18H2,1-2H3,(H,36,41)(H,37,42)(H,35,38,39)/b14-7+/t22-,23+/m0/s1. The second-order valence-electron chi connectivity index (χ2n) is 10.5. The minimum Gasteiger partial charge on any atom is -0.351 e. The Morgan fingerprint density at radius 1 is 1.10 bits per heavy atom. The predicted octanol–water partition coefficient (Wildman–Crippen LogP) is 5.15. The van der Waals surface area contributed by atoms with Crippen LogP contribution >= 0.6 is 11.6 Å². The molecule has 0 radical (unpaired) electrons. The number of pyridine rings is 1. The molecule has 2 atom stereocenters. The maximum atomic E-state index is 12.9. The van der Waals surface area contributed by atoms with E-state index >= 15 is 0 Å². The molecule has 0 aliphatic heterocycles. The number of amides is 2. The fourth-order valence-corrected chi connectivity index (χ4v) is 5.16. The lowest BCUT2D eigenvalue weighted by atomic mass is 9.91. The van der Waals surface area contributed by atoms with Gasteiger partial charge in [-0.3, -0.25) is 9.59 Å². The molecule has 42 heavy (non-hydrogen) atoms. The van der Waals surface area contributed by atoms with Gasteiger partial charge in [0.1, 0.15) is 5.69 Å². The van der Waals surface area contributed by atoms with Crippen molar-refractivity contribution in [2.45, 2.75) is 37.8 Å². The summed E-state index contributed by atoms with van der Waals surface area (Å²) in [5.74, 6) is -0.0139. The number of aromatic nitrogens is 3. The van der Waals surface area contributed by atoms with E-state index in [0.717, 1.165) is 42.0 Å². The first-order valence-corrected chi connectivity index (χ1v) is 14.2. The SMILES string of the molecule is CN(C)C/C=C/C(=O)Nc1ccc(C(=O)N[C@H]2CCC[C@@H](Nc3ncc(Cl)c(-c4cc#cc5ccccc45)n3)C2)nc1. The van der Waals surface area contributed by atoms with Crippen LogP contribution in [0.2, 0.25) is 5.02 Å². The van der Waals surface area contributed by atoms with Crippen LogP contribution in [0.25, 0.3) is 22.0 Å². The van der Waals surface area contributed by atoms with Gasteiger partial charge in [0.05, 0.1) is 28.8 Å². The van der Waals surface area contributed by atoms with Gasteiger partial charge in [-0.05, 0) is 64.0 Å². The van der Waals surface area contributed by atoms with E-state index in [1.54, 1.807) is 24.4 Å². The summed E-state index contributed by atoms with van der Waals surface area (Å²) in [5.41, 5.74) is 2.31. The van der Waals surface area contributed by atoms with Crippen molar-refractivity contribution in [1.82, 2.24) is 25.2 Å². The molecule has 2 amide bonds. The molecule has 2 heterocycles. The van der Waals surface area contributed by atoms with Crippen LogP contribution in [0.3, 0.4) is 0 Å². The van der Waals surface area contributed by atoms with E-state index in [9.17, 15) is 9.59 Å². The predicted molar refractivity (Wildman–Crippen MR) is 165 cm³/mol. The zero-order valence-corrected chi connectivity index (χ0v) is 24.3. The summed E-state index contributed by atoms with van der Waals surface area (Å²) >= 11 is 6.52. The molecule has 0 saturated heterocycles. The Morgan fingerprint density at radius 3 is 2.74 bits per heavy atom. The second kappa shape index (κ2) is 13.4. The van der Waals surface area contributed by atoms with Gasteiger partial charge in [-0.15, -0.1) is 0 Å². The molecule has 0 spiro atoms. The number of anilines is 2. The molecule has 3 N–H and O–H groups in total. The Labute approximate surface area is 250 Å². The highest BCUT2D eigenvalue weighted by Gasteiger charge is 2.25. The van der Waals surface area contributed by atoms with Crippen LogP contribution < -0.4 is 16.0 Å². The highest BCUT2D eigenvalue weighted by atomic mass is 35.5. The van der Waals surface area contributed by atoms with Gasteiger partial charge < -0.3 is 20.9 Å². The third kappa shape index (κ3) is 7.40. The number of carbonyl (C=O) groups is 2. The number of fused-ring (bicyclic) bond motifs is 1. The summed E-state index contributed by atoms with van der Waals surface area (Å²) in [6, 6.07) is 19.3. The molecule has 1 fully saturated rings. The fraction of sp³-hybridized carbons (Fsp3) is 0.281. The summed E-state index contributed by atoms with van der Waals surface area (Å²) < 4.78 is 0. The van der Waals surface area contributed by atoms with Crippen LogP contribution in [-0.4, -0.2) is 64.4 Å². The lowest BCUT2D eigenvalue weighted by Gasteiger charge is -2.30. The quantitative estimate of drug-likeness (QED) is 0.234. The van der Waals surface area contributed by atoms with Crippen LogP contribution in [0, 0.1) is 12.1 Å². The van der Waals surface area contributed by atoms with Crippen LogP contribution in [0.4, 0.5) is 11.6 Å². The molecule has 10 heteroatoms. The molecule has 5 rings (SSSR count). The molecule has 9 nitrogen and oxygen atoms in total. The van der Waals surface area contributed by atoms with E-state index < -0.39 is 0 Å². The van der Waals surface area contributed by atoms with Crippen molar-refractivity contribution in [3.8, 4) is 11.3 Å².